The topological polar surface area (TPSA) is 0 Å². The molecule has 0 unspecified atom stereocenters. The zero-order valence-corrected chi connectivity index (χ0v) is 39.4. The molecule has 297 valence electrons. The second-order valence-electron chi connectivity index (χ2n) is 15.8. The van der Waals surface area contributed by atoms with E-state index in [1.807, 2.05) is 27.7 Å². The van der Waals surface area contributed by atoms with E-state index in [0.29, 0.717) is 23.7 Å². The van der Waals surface area contributed by atoms with E-state index in [4.69, 9.17) is 0 Å². The van der Waals surface area contributed by atoms with E-state index >= 15 is 0 Å². The predicted molar refractivity (Wildman–Crippen MR) is 249 cm³/mol. The molecule has 4 aromatic rings. The Balaban J connectivity index is -0.000000281. The van der Waals surface area contributed by atoms with Crippen LogP contribution in [0.5, 0.6) is 0 Å². The monoisotopic (exact) mass is 722 g/mol. The Morgan fingerprint density at radius 2 is 0.774 bits per heavy atom. The zero-order valence-electron chi connectivity index (χ0n) is 39.4. The highest BCUT2D eigenvalue weighted by Crippen LogP contribution is 2.22. The summed E-state index contributed by atoms with van der Waals surface area (Å²) in [6.07, 6.45) is 0. The first-order chi connectivity index (χ1) is 24.2. The Morgan fingerprint density at radius 3 is 1.13 bits per heavy atom. The molecule has 53 heavy (non-hydrogen) atoms. The van der Waals surface area contributed by atoms with E-state index in [2.05, 4.69) is 204 Å². The summed E-state index contributed by atoms with van der Waals surface area (Å²) in [6, 6.07) is 26.6. The molecule has 0 atom stereocenters. The lowest BCUT2D eigenvalue weighted by molar-refractivity contribution is 0.737. The first-order valence-electron chi connectivity index (χ1n) is 20.5. The lowest BCUT2D eigenvalue weighted by Crippen LogP contribution is -1.93. The lowest BCUT2D eigenvalue weighted by Gasteiger charge is -2.10. The van der Waals surface area contributed by atoms with Gasteiger partial charge in [-0.25, -0.2) is 0 Å². The summed E-state index contributed by atoms with van der Waals surface area (Å²) in [4.78, 5) is 0. The molecule has 3 radical (unpaired) electrons. The van der Waals surface area contributed by atoms with Crippen LogP contribution in [0.15, 0.2) is 72.8 Å². The fourth-order valence-corrected chi connectivity index (χ4v) is 5.25. The average Bonchev–Trinajstić information content (AvgIpc) is 3.06. The normalized spacial score (nSPS) is 9.74. The number of benzene rings is 4. The van der Waals surface area contributed by atoms with Crippen LogP contribution in [-0.2, 0) is 0 Å². The van der Waals surface area contributed by atoms with E-state index in [9.17, 15) is 0 Å². The van der Waals surface area contributed by atoms with Gasteiger partial charge in [0, 0.05) is 8.41 Å². The first-order valence-corrected chi connectivity index (χ1v) is 20.5. The van der Waals surface area contributed by atoms with Crippen molar-refractivity contribution in [1.82, 2.24) is 0 Å². The summed E-state index contributed by atoms with van der Waals surface area (Å²) in [6.45, 7) is 49.7. The molecule has 0 nitrogen and oxygen atoms in total. The van der Waals surface area contributed by atoms with Gasteiger partial charge in [-0.1, -0.05) is 193 Å². The van der Waals surface area contributed by atoms with Crippen molar-refractivity contribution in [2.75, 3.05) is 0 Å². The van der Waals surface area contributed by atoms with Gasteiger partial charge in [0.2, 0.25) is 0 Å². The van der Waals surface area contributed by atoms with Crippen molar-refractivity contribution in [2.45, 2.75) is 183 Å². The van der Waals surface area contributed by atoms with E-state index in [1.165, 1.54) is 66.8 Å². The molecule has 0 aliphatic carbocycles. The Bertz CT molecular complexity index is 1450. The molecule has 0 amide bonds. The van der Waals surface area contributed by atoms with Crippen molar-refractivity contribution in [3.05, 3.63) is 140 Å². The summed E-state index contributed by atoms with van der Waals surface area (Å²) in [5.74, 6) is 3.42. The van der Waals surface area contributed by atoms with Crippen molar-refractivity contribution >= 4 is 8.41 Å². The maximum Gasteiger partial charge on any atom is 0 e. The van der Waals surface area contributed by atoms with Crippen molar-refractivity contribution in [3.8, 4) is 0 Å². The third-order valence-electron chi connectivity index (χ3n) is 8.43. The molecule has 4 aromatic carbocycles. The fourth-order valence-electron chi connectivity index (χ4n) is 5.25. The van der Waals surface area contributed by atoms with Crippen LogP contribution in [0.25, 0.3) is 0 Å². The van der Waals surface area contributed by atoms with Crippen LogP contribution in [0.1, 0.15) is 194 Å². The van der Waals surface area contributed by atoms with Gasteiger partial charge in [0.1, 0.15) is 0 Å². The molecule has 0 saturated carbocycles. The molecule has 0 N–H and O–H groups in total. The molecule has 0 spiro atoms. The van der Waals surface area contributed by atoms with Gasteiger partial charge in [0.05, 0.1) is 0 Å². The standard InChI is InChI=1S/4C11H16.C4H10.2C2H6.B/c1-8(2)11-6-9(3)5-10(4)7-11;1-8(2)11-6-5-9(3)10(4)7-11;1-8(2)11-7-9(3)5-6-10(11)4;1-8(2)11-7-5-6-9(3)10(11)4;1-4(2)3;2*1-2;/h4*5-8H,1-4H3;4H,1-3H3;2*1-2H3;. The number of aryl methyl sites for hydroxylation is 7. The third kappa shape index (κ3) is 25.6. The van der Waals surface area contributed by atoms with Gasteiger partial charge >= 0.3 is 0 Å². The number of rotatable bonds is 4. The van der Waals surface area contributed by atoms with Crippen molar-refractivity contribution in [2.24, 2.45) is 5.92 Å². The molecular formula is C52H86B. The van der Waals surface area contributed by atoms with Crippen LogP contribution >= 0.6 is 0 Å². The molecule has 0 heterocycles. The van der Waals surface area contributed by atoms with Gasteiger partial charge in [-0.15, -0.1) is 0 Å². The summed E-state index contributed by atoms with van der Waals surface area (Å²) in [5, 5.41) is 0. The van der Waals surface area contributed by atoms with E-state index < -0.39 is 0 Å². The smallest absolute Gasteiger partial charge is 0 e. The largest absolute Gasteiger partial charge is 0.0683 e. The molecule has 1 heteroatoms. The number of hydrogen-bond donors (Lipinski definition) is 0. The first kappa shape index (κ1) is 56.7. The van der Waals surface area contributed by atoms with Gasteiger partial charge in [0.15, 0.2) is 0 Å². The summed E-state index contributed by atoms with van der Waals surface area (Å²) in [5.41, 5.74) is 17.0. The highest BCUT2D eigenvalue weighted by atomic mass is 14.1. The maximum atomic E-state index is 2.28. The molecule has 0 aromatic heterocycles. The Kier molecular flexibility index (Phi) is 33.5. The van der Waals surface area contributed by atoms with Crippen LogP contribution in [-0.4, -0.2) is 8.41 Å². The van der Waals surface area contributed by atoms with Crippen LogP contribution < -0.4 is 0 Å². The van der Waals surface area contributed by atoms with Gasteiger partial charge in [0.25, 0.3) is 0 Å². The van der Waals surface area contributed by atoms with Crippen LogP contribution in [0.2, 0.25) is 0 Å². The second-order valence-corrected chi connectivity index (χ2v) is 15.8. The minimum atomic E-state index is 0. The molecular weight excluding hydrogens is 635 g/mol. The van der Waals surface area contributed by atoms with Gasteiger partial charge in [-0.2, -0.15) is 0 Å². The van der Waals surface area contributed by atoms with Gasteiger partial charge in [-0.05, 0) is 135 Å². The Hall–Kier alpha value is -3.06. The van der Waals surface area contributed by atoms with Crippen LogP contribution in [0.4, 0.5) is 0 Å². The Morgan fingerprint density at radius 1 is 0.340 bits per heavy atom. The maximum absolute atomic E-state index is 2.28. The van der Waals surface area contributed by atoms with Gasteiger partial charge < -0.3 is 0 Å². The molecule has 0 bridgehead atoms. The van der Waals surface area contributed by atoms with E-state index in [-0.39, 0.29) is 8.41 Å². The minimum Gasteiger partial charge on any atom is -0.0683 e. The average molecular weight is 722 g/mol. The van der Waals surface area contributed by atoms with E-state index in [0.717, 1.165) is 5.92 Å². The van der Waals surface area contributed by atoms with Crippen LogP contribution in [0.3, 0.4) is 0 Å². The zero-order chi connectivity index (χ0) is 41.3. The van der Waals surface area contributed by atoms with E-state index in [1.54, 1.807) is 0 Å². The SMILES string of the molecule is CC.CC.CC(C)C.Cc1cc(C)cc(C(C)C)c1.Cc1ccc(C(C)C)cc1C.Cc1ccc(C)c(C(C)C)c1.Cc1cccc(C(C)C)c1C.[B]. The molecule has 4 rings (SSSR count). The molecule has 0 aliphatic rings. The summed E-state index contributed by atoms with van der Waals surface area (Å²) < 4.78 is 0. The highest BCUT2D eigenvalue weighted by molar-refractivity contribution is 5.75. The number of hydrogen-bond acceptors (Lipinski definition) is 0. The molecule has 0 fully saturated rings. The fraction of sp³-hybridized carbons (Fsp3) is 0.538. The molecule has 0 aliphatic heterocycles. The predicted octanol–water partition coefficient (Wildman–Crippen LogP) is 17.0. The summed E-state index contributed by atoms with van der Waals surface area (Å²) in [7, 11) is 0. The highest BCUT2D eigenvalue weighted by Gasteiger charge is 2.04. The second kappa shape index (κ2) is 31.3. The van der Waals surface area contributed by atoms with Crippen molar-refractivity contribution in [1.29, 1.82) is 0 Å². The van der Waals surface area contributed by atoms with Crippen molar-refractivity contribution < 1.29 is 0 Å². The van der Waals surface area contributed by atoms with Crippen molar-refractivity contribution in [3.63, 3.8) is 0 Å². The third-order valence-corrected chi connectivity index (χ3v) is 8.43. The van der Waals surface area contributed by atoms with Crippen LogP contribution in [0, 0.1) is 61.3 Å². The van der Waals surface area contributed by atoms with Gasteiger partial charge in [-0.3, -0.25) is 0 Å². The molecule has 0 saturated heterocycles. The lowest BCUT2D eigenvalue weighted by atomic mass is 9.95. The Labute approximate surface area is 335 Å². The quantitative estimate of drug-likeness (QED) is 0.184. The minimum absolute atomic E-state index is 0. The summed E-state index contributed by atoms with van der Waals surface area (Å²) >= 11 is 0.